The summed E-state index contributed by atoms with van der Waals surface area (Å²) in [6, 6.07) is 18.9. The summed E-state index contributed by atoms with van der Waals surface area (Å²) in [5, 5.41) is 8.90. The van der Waals surface area contributed by atoms with Gasteiger partial charge in [-0.15, -0.1) is 10.2 Å². The van der Waals surface area contributed by atoms with Crippen molar-refractivity contribution >= 4 is 5.82 Å². The van der Waals surface area contributed by atoms with Gasteiger partial charge in [-0.3, -0.25) is 9.88 Å². The minimum atomic E-state index is 0.730. The van der Waals surface area contributed by atoms with Crippen LogP contribution in [-0.4, -0.2) is 46.3 Å². The predicted molar refractivity (Wildman–Crippen MR) is 106 cm³/mol. The number of rotatable bonds is 4. The number of aromatic nitrogens is 3. The van der Waals surface area contributed by atoms with Gasteiger partial charge in [-0.25, -0.2) is 0 Å². The minimum Gasteiger partial charge on any atom is -0.354 e. The van der Waals surface area contributed by atoms with Gasteiger partial charge < -0.3 is 4.90 Å². The number of likely N-dealkylation sites (tertiary alicyclic amines) is 1. The maximum Gasteiger partial charge on any atom is 0.151 e. The summed E-state index contributed by atoms with van der Waals surface area (Å²) in [6.45, 7) is 5.58. The number of benzene rings is 1. The van der Waals surface area contributed by atoms with Gasteiger partial charge >= 0.3 is 0 Å². The summed E-state index contributed by atoms with van der Waals surface area (Å²) in [7, 11) is 0. The molecule has 2 saturated heterocycles. The molecule has 5 rings (SSSR count). The molecule has 2 atom stereocenters. The molecular formula is C22H23N5. The van der Waals surface area contributed by atoms with Crippen LogP contribution in [0.1, 0.15) is 5.56 Å². The van der Waals surface area contributed by atoms with Crippen LogP contribution in [0.5, 0.6) is 0 Å². The Labute approximate surface area is 159 Å². The zero-order valence-electron chi connectivity index (χ0n) is 15.3. The van der Waals surface area contributed by atoms with Crippen molar-refractivity contribution in [3.05, 3.63) is 72.6 Å². The Morgan fingerprint density at radius 2 is 1.63 bits per heavy atom. The van der Waals surface area contributed by atoms with Gasteiger partial charge in [0.25, 0.3) is 0 Å². The van der Waals surface area contributed by atoms with Crippen LogP contribution >= 0.6 is 0 Å². The Kier molecular flexibility index (Phi) is 4.30. The largest absolute Gasteiger partial charge is 0.354 e. The first kappa shape index (κ1) is 16.4. The highest BCUT2D eigenvalue weighted by atomic mass is 15.3. The molecule has 1 aromatic carbocycles. The van der Waals surface area contributed by atoms with Crippen LogP contribution < -0.4 is 4.90 Å². The number of pyridine rings is 1. The molecule has 4 heterocycles. The molecule has 0 amide bonds. The van der Waals surface area contributed by atoms with E-state index < -0.39 is 0 Å². The van der Waals surface area contributed by atoms with E-state index in [2.05, 4.69) is 67.4 Å². The van der Waals surface area contributed by atoms with Crippen LogP contribution in [-0.2, 0) is 6.54 Å². The molecule has 2 aliphatic rings. The molecule has 5 nitrogen and oxygen atoms in total. The van der Waals surface area contributed by atoms with E-state index in [-0.39, 0.29) is 0 Å². The molecule has 0 aliphatic carbocycles. The number of nitrogens with zero attached hydrogens (tertiary/aromatic N) is 5. The van der Waals surface area contributed by atoms with Gasteiger partial charge in [0, 0.05) is 50.7 Å². The molecule has 27 heavy (non-hydrogen) atoms. The van der Waals surface area contributed by atoms with Gasteiger partial charge in [-0.2, -0.15) is 0 Å². The fraction of sp³-hybridized carbons (Fsp3) is 0.318. The lowest BCUT2D eigenvalue weighted by atomic mass is 10.0. The predicted octanol–water partition coefficient (Wildman–Crippen LogP) is 3.11. The smallest absolute Gasteiger partial charge is 0.151 e. The average Bonchev–Trinajstić information content (AvgIpc) is 3.28. The van der Waals surface area contributed by atoms with Crippen molar-refractivity contribution in [3.63, 3.8) is 0 Å². The van der Waals surface area contributed by atoms with Crippen molar-refractivity contribution in [2.45, 2.75) is 6.54 Å². The van der Waals surface area contributed by atoms with Crippen LogP contribution in [0.4, 0.5) is 5.82 Å². The Morgan fingerprint density at radius 3 is 2.30 bits per heavy atom. The van der Waals surface area contributed by atoms with Crippen molar-refractivity contribution in [1.29, 1.82) is 0 Å². The Morgan fingerprint density at radius 1 is 0.815 bits per heavy atom. The molecule has 0 radical (unpaired) electrons. The molecule has 136 valence electrons. The van der Waals surface area contributed by atoms with E-state index in [1.807, 2.05) is 18.3 Å². The topological polar surface area (TPSA) is 45.2 Å². The molecule has 2 fully saturated rings. The number of fused-ring (bicyclic) bond motifs is 1. The zero-order valence-corrected chi connectivity index (χ0v) is 15.3. The second kappa shape index (κ2) is 7.08. The van der Waals surface area contributed by atoms with Crippen molar-refractivity contribution in [3.8, 4) is 11.3 Å². The van der Waals surface area contributed by atoms with Gasteiger partial charge in [0.1, 0.15) is 0 Å². The lowest BCUT2D eigenvalue weighted by Gasteiger charge is -2.22. The molecule has 2 aliphatic heterocycles. The third-order valence-electron chi connectivity index (χ3n) is 5.74. The Hall–Kier alpha value is -2.79. The maximum atomic E-state index is 4.49. The molecule has 5 heteroatoms. The first-order chi connectivity index (χ1) is 13.3. The van der Waals surface area contributed by atoms with Crippen LogP contribution in [0.3, 0.4) is 0 Å². The first-order valence-electron chi connectivity index (χ1n) is 9.60. The number of anilines is 1. The highest BCUT2D eigenvalue weighted by molar-refractivity contribution is 5.58. The summed E-state index contributed by atoms with van der Waals surface area (Å²) in [5.41, 5.74) is 3.29. The normalized spacial score (nSPS) is 22.1. The molecular weight excluding hydrogens is 334 g/mol. The van der Waals surface area contributed by atoms with Crippen molar-refractivity contribution < 1.29 is 0 Å². The van der Waals surface area contributed by atoms with Crippen molar-refractivity contribution in [2.75, 3.05) is 31.1 Å². The van der Waals surface area contributed by atoms with Gasteiger partial charge in [0.2, 0.25) is 0 Å². The van der Waals surface area contributed by atoms with E-state index >= 15 is 0 Å². The molecule has 0 unspecified atom stereocenters. The summed E-state index contributed by atoms with van der Waals surface area (Å²) in [5.74, 6) is 2.45. The molecule has 0 bridgehead atoms. The van der Waals surface area contributed by atoms with Gasteiger partial charge in [0.05, 0.1) is 5.69 Å². The van der Waals surface area contributed by atoms with Crippen LogP contribution in [0.2, 0.25) is 0 Å². The van der Waals surface area contributed by atoms with Gasteiger partial charge in [-0.1, -0.05) is 30.3 Å². The fourth-order valence-electron chi connectivity index (χ4n) is 4.41. The van der Waals surface area contributed by atoms with E-state index in [1.54, 1.807) is 6.20 Å². The minimum absolute atomic E-state index is 0.730. The SMILES string of the molecule is c1ccc(CN2C[C@@H]3CN(c4ccc(-c5cccnc5)nn4)C[C@@H]3C2)cc1. The maximum absolute atomic E-state index is 4.49. The second-order valence-corrected chi connectivity index (χ2v) is 7.62. The van der Waals surface area contributed by atoms with E-state index in [9.17, 15) is 0 Å². The van der Waals surface area contributed by atoms with Crippen molar-refractivity contribution in [1.82, 2.24) is 20.1 Å². The van der Waals surface area contributed by atoms with E-state index in [0.717, 1.165) is 48.5 Å². The van der Waals surface area contributed by atoms with Gasteiger partial charge in [-0.05, 0) is 41.7 Å². The van der Waals surface area contributed by atoms with Crippen molar-refractivity contribution in [2.24, 2.45) is 11.8 Å². The van der Waals surface area contributed by atoms with Crippen LogP contribution in [0.15, 0.2) is 67.0 Å². The molecule has 0 N–H and O–H groups in total. The summed E-state index contributed by atoms with van der Waals surface area (Å²) in [4.78, 5) is 9.15. The number of hydrogen-bond acceptors (Lipinski definition) is 5. The molecule has 0 saturated carbocycles. The van der Waals surface area contributed by atoms with E-state index in [0.29, 0.717) is 0 Å². The lowest BCUT2D eigenvalue weighted by molar-refractivity contribution is 0.309. The third kappa shape index (κ3) is 3.43. The summed E-state index contributed by atoms with van der Waals surface area (Å²) < 4.78 is 0. The molecule has 3 aromatic rings. The van der Waals surface area contributed by atoms with Gasteiger partial charge in [0.15, 0.2) is 5.82 Å². The highest BCUT2D eigenvalue weighted by Crippen LogP contribution is 2.34. The summed E-state index contributed by atoms with van der Waals surface area (Å²) in [6.07, 6.45) is 3.60. The standard InChI is InChI=1S/C22H23N5/c1-2-5-17(6-3-1)12-26-13-19-15-27(16-20(19)14-26)22-9-8-21(24-25-22)18-7-4-10-23-11-18/h1-11,19-20H,12-16H2/t19-,20+. The lowest BCUT2D eigenvalue weighted by Crippen LogP contribution is -2.29. The Bertz CT molecular complexity index is 868. The first-order valence-corrected chi connectivity index (χ1v) is 9.60. The Balaban J connectivity index is 1.21. The highest BCUT2D eigenvalue weighted by Gasteiger charge is 2.40. The number of hydrogen-bond donors (Lipinski definition) is 0. The summed E-state index contributed by atoms with van der Waals surface area (Å²) >= 11 is 0. The van der Waals surface area contributed by atoms with E-state index in [1.165, 1.54) is 18.7 Å². The fourth-order valence-corrected chi connectivity index (χ4v) is 4.41. The molecule has 2 aromatic heterocycles. The zero-order chi connectivity index (χ0) is 18.1. The average molecular weight is 357 g/mol. The van der Waals surface area contributed by atoms with Crippen LogP contribution in [0.25, 0.3) is 11.3 Å². The molecule has 0 spiro atoms. The van der Waals surface area contributed by atoms with E-state index in [4.69, 9.17) is 0 Å². The third-order valence-corrected chi connectivity index (χ3v) is 5.74. The second-order valence-electron chi connectivity index (χ2n) is 7.62. The quantitative estimate of drug-likeness (QED) is 0.718. The monoisotopic (exact) mass is 357 g/mol. The van der Waals surface area contributed by atoms with Crippen LogP contribution in [0, 0.1) is 11.8 Å².